The number of benzene rings is 1. The zero-order chi connectivity index (χ0) is 18.3. The van der Waals surface area contributed by atoms with Crippen LogP contribution in [0.15, 0.2) is 40.2 Å². The van der Waals surface area contributed by atoms with Gasteiger partial charge in [-0.3, -0.25) is 0 Å². The van der Waals surface area contributed by atoms with Crippen molar-refractivity contribution < 1.29 is 9.84 Å². The lowest BCUT2D eigenvalue weighted by atomic mass is 9.98. The standard InChI is InChI=1S/C19H23BrN4O2/c1-11(2)18(25)13-4-3-9-21-19(13)26-15-8-7-14-17(16(15)20)22-23-24(14)10-12-5-6-12/h3-4,7-8,11-12,18,21,25H,5-6,9-10H2,1-2H3. The average Bonchev–Trinajstić information content (AvgIpc) is 3.36. The smallest absolute Gasteiger partial charge is 0.199 e. The third-order valence-corrected chi connectivity index (χ3v) is 5.59. The zero-order valence-corrected chi connectivity index (χ0v) is 16.5. The Balaban J connectivity index is 1.66. The molecule has 1 aromatic carbocycles. The second-order valence-corrected chi connectivity index (χ2v) is 8.11. The van der Waals surface area contributed by atoms with Gasteiger partial charge in [0, 0.05) is 18.7 Å². The molecule has 0 amide bonds. The summed E-state index contributed by atoms with van der Waals surface area (Å²) in [6.45, 7) is 5.56. The topological polar surface area (TPSA) is 72.2 Å². The summed E-state index contributed by atoms with van der Waals surface area (Å²) in [5.74, 6) is 2.07. The highest BCUT2D eigenvalue weighted by Crippen LogP contribution is 2.36. The molecule has 1 aliphatic carbocycles. The van der Waals surface area contributed by atoms with Gasteiger partial charge in [0.15, 0.2) is 5.88 Å². The van der Waals surface area contributed by atoms with Crippen molar-refractivity contribution in [2.24, 2.45) is 11.8 Å². The number of aliphatic hydroxyl groups is 1. The quantitative estimate of drug-likeness (QED) is 0.751. The molecule has 138 valence electrons. The molecule has 1 saturated carbocycles. The Hall–Kier alpha value is -1.86. The molecule has 1 aromatic heterocycles. The van der Waals surface area contributed by atoms with Crippen molar-refractivity contribution in [2.45, 2.75) is 39.3 Å². The minimum absolute atomic E-state index is 0.0985. The molecular formula is C19H23BrN4O2. The zero-order valence-electron chi connectivity index (χ0n) is 14.9. The maximum atomic E-state index is 10.5. The van der Waals surface area contributed by atoms with Crippen molar-refractivity contribution in [2.75, 3.05) is 6.54 Å². The predicted molar refractivity (Wildman–Crippen MR) is 104 cm³/mol. The van der Waals surface area contributed by atoms with Gasteiger partial charge in [0.1, 0.15) is 11.3 Å². The Labute approximate surface area is 161 Å². The van der Waals surface area contributed by atoms with Crippen LogP contribution in [0.1, 0.15) is 26.7 Å². The Morgan fingerprint density at radius 2 is 2.19 bits per heavy atom. The summed E-state index contributed by atoms with van der Waals surface area (Å²) in [6, 6.07) is 3.92. The molecule has 7 heteroatoms. The van der Waals surface area contributed by atoms with Gasteiger partial charge in [0.05, 0.1) is 16.1 Å². The number of aliphatic hydroxyl groups excluding tert-OH is 1. The average molecular weight is 419 g/mol. The number of fused-ring (bicyclic) bond motifs is 1. The minimum atomic E-state index is -0.587. The van der Waals surface area contributed by atoms with Crippen LogP contribution in [0.4, 0.5) is 0 Å². The third-order valence-electron chi connectivity index (χ3n) is 4.82. The van der Waals surface area contributed by atoms with Gasteiger partial charge in [0.25, 0.3) is 0 Å². The van der Waals surface area contributed by atoms with Crippen LogP contribution in [-0.4, -0.2) is 32.7 Å². The summed E-state index contributed by atoms with van der Waals surface area (Å²) >= 11 is 3.62. The molecule has 1 fully saturated rings. The van der Waals surface area contributed by atoms with Crippen LogP contribution < -0.4 is 10.1 Å². The van der Waals surface area contributed by atoms with Crippen molar-refractivity contribution in [3.63, 3.8) is 0 Å². The monoisotopic (exact) mass is 418 g/mol. The Bertz CT molecular complexity index is 883. The van der Waals surface area contributed by atoms with E-state index in [0.29, 0.717) is 18.2 Å². The fourth-order valence-corrected chi connectivity index (χ4v) is 3.55. The van der Waals surface area contributed by atoms with E-state index in [-0.39, 0.29) is 5.92 Å². The highest BCUT2D eigenvalue weighted by molar-refractivity contribution is 9.10. The van der Waals surface area contributed by atoms with Gasteiger partial charge < -0.3 is 15.2 Å². The van der Waals surface area contributed by atoms with E-state index in [2.05, 4.69) is 31.6 Å². The molecule has 1 atom stereocenters. The normalized spacial score (nSPS) is 18.5. The fraction of sp³-hybridized carbons (Fsp3) is 0.474. The van der Waals surface area contributed by atoms with Gasteiger partial charge in [-0.15, -0.1) is 5.10 Å². The number of dihydropyridines is 1. The summed E-state index contributed by atoms with van der Waals surface area (Å²) in [6.07, 6.45) is 5.87. The first-order valence-electron chi connectivity index (χ1n) is 9.06. The van der Waals surface area contributed by atoms with E-state index in [1.807, 2.05) is 42.8 Å². The number of hydrogen-bond acceptors (Lipinski definition) is 5. The van der Waals surface area contributed by atoms with Crippen LogP contribution in [0.5, 0.6) is 5.75 Å². The molecule has 2 aliphatic rings. The molecular weight excluding hydrogens is 396 g/mol. The van der Waals surface area contributed by atoms with Crippen molar-refractivity contribution in [3.05, 3.63) is 40.2 Å². The fourth-order valence-electron chi connectivity index (χ4n) is 3.06. The summed E-state index contributed by atoms with van der Waals surface area (Å²) in [4.78, 5) is 0. The van der Waals surface area contributed by atoms with Gasteiger partial charge in [-0.2, -0.15) is 0 Å². The molecule has 1 aliphatic heterocycles. The third kappa shape index (κ3) is 3.38. The van der Waals surface area contributed by atoms with Crippen LogP contribution in [0.25, 0.3) is 11.0 Å². The largest absolute Gasteiger partial charge is 0.440 e. The lowest BCUT2D eigenvalue weighted by Gasteiger charge is -2.24. The minimum Gasteiger partial charge on any atom is -0.440 e. The molecule has 0 radical (unpaired) electrons. The van der Waals surface area contributed by atoms with Gasteiger partial charge in [0.2, 0.25) is 0 Å². The molecule has 2 aromatic rings. The number of nitrogens with one attached hydrogen (secondary N) is 1. The number of ether oxygens (including phenoxy) is 1. The second-order valence-electron chi connectivity index (χ2n) is 7.32. The molecule has 0 spiro atoms. The van der Waals surface area contributed by atoms with Crippen LogP contribution in [0.3, 0.4) is 0 Å². The van der Waals surface area contributed by atoms with Gasteiger partial charge >= 0.3 is 0 Å². The van der Waals surface area contributed by atoms with Crippen LogP contribution in [0, 0.1) is 11.8 Å². The summed E-state index contributed by atoms with van der Waals surface area (Å²) in [5.41, 5.74) is 2.56. The van der Waals surface area contributed by atoms with Crippen molar-refractivity contribution in [1.82, 2.24) is 20.3 Å². The lowest BCUT2D eigenvalue weighted by molar-refractivity contribution is 0.156. The molecule has 0 bridgehead atoms. The maximum Gasteiger partial charge on any atom is 0.199 e. The second kappa shape index (κ2) is 7.04. The van der Waals surface area contributed by atoms with Crippen LogP contribution in [0.2, 0.25) is 0 Å². The van der Waals surface area contributed by atoms with E-state index < -0.39 is 6.10 Å². The van der Waals surface area contributed by atoms with E-state index >= 15 is 0 Å². The Morgan fingerprint density at radius 3 is 2.92 bits per heavy atom. The first-order chi connectivity index (χ1) is 12.5. The summed E-state index contributed by atoms with van der Waals surface area (Å²) in [7, 11) is 0. The van der Waals surface area contributed by atoms with Crippen molar-refractivity contribution >= 4 is 27.0 Å². The highest BCUT2D eigenvalue weighted by Gasteiger charge is 2.25. The van der Waals surface area contributed by atoms with E-state index in [1.165, 1.54) is 12.8 Å². The summed E-state index contributed by atoms with van der Waals surface area (Å²) in [5, 5.41) is 22.3. The molecule has 26 heavy (non-hydrogen) atoms. The van der Waals surface area contributed by atoms with Crippen LogP contribution in [-0.2, 0) is 6.54 Å². The summed E-state index contributed by atoms with van der Waals surface area (Å²) < 4.78 is 8.86. The maximum absolute atomic E-state index is 10.5. The van der Waals surface area contributed by atoms with Crippen molar-refractivity contribution in [1.29, 1.82) is 0 Å². The van der Waals surface area contributed by atoms with E-state index in [4.69, 9.17) is 4.74 Å². The first kappa shape index (κ1) is 17.5. The molecule has 0 saturated heterocycles. The number of hydrogen-bond donors (Lipinski definition) is 2. The molecule has 2 N–H and O–H groups in total. The Kier molecular flexibility index (Phi) is 4.75. The van der Waals surface area contributed by atoms with E-state index in [9.17, 15) is 5.11 Å². The number of nitrogens with zero attached hydrogens (tertiary/aromatic N) is 3. The van der Waals surface area contributed by atoms with Crippen LogP contribution >= 0.6 is 15.9 Å². The Morgan fingerprint density at radius 1 is 1.38 bits per heavy atom. The van der Waals surface area contributed by atoms with Gasteiger partial charge in [-0.05, 0) is 52.7 Å². The first-order valence-corrected chi connectivity index (χ1v) is 9.86. The molecule has 6 nitrogen and oxygen atoms in total. The SMILES string of the molecule is CC(C)C(O)C1=C(Oc2ccc3c(nnn3CC3CC3)c2Br)NCC=C1. The van der Waals surface area contributed by atoms with E-state index in [0.717, 1.165) is 33.5 Å². The number of aromatic nitrogens is 3. The lowest BCUT2D eigenvalue weighted by Crippen LogP contribution is -2.29. The number of rotatable bonds is 6. The number of halogens is 1. The predicted octanol–water partition coefficient (Wildman–Crippen LogP) is 3.37. The van der Waals surface area contributed by atoms with E-state index in [1.54, 1.807) is 0 Å². The van der Waals surface area contributed by atoms with Crippen molar-refractivity contribution in [3.8, 4) is 5.75 Å². The van der Waals surface area contributed by atoms with Gasteiger partial charge in [-0.25, -0.2) is 4.68 Å². The van der Waals surface area contributed by atoms with Gasteiger partial charge in [-0.1, -0.05) is 31.2 Å². The highest BCUT2D eigenvalue weighted by atomic mass is 79.9. The molecule has 2 heterocycles. The molecule has 1 unspecified atom stereocenters. The molecule has 4 rings (SSSR count).